The standard InChI is InChI=1S/C69H83FN6O15/c1-10-36-73(5)65(83)51(38-45-21-14-12-15-22-45)71-59(78)42-74(6)66(84)52(39-46-23-16-13-17-24-46)72-64(82)54(40-47-28-32-49(77)33-29-47)75(7)60(79)43-89-57-27-20-25-50(62(57)70)55(34-30-48-31-35-56(87-8)58(41-48)88-9)91-68(86)53-26-18-19-37-76(53)67(85)63(81)69(3,4)44-90-61(80)11-2/h11-17,20-25,27-29,31-33,35,41,51-55,77H,2,10,18-19,26,30,34,36-40,42-44H2,1,3-9H3,(H,71,78)(H,72,82)/t51-,52-,53+,54+,55-/m1/s1. The SMILES string of the molecule is C=CC(=O)OCC(C)(C)C(=O)C(=O)N1CCCC[C@H]1C(=O)O[C@H](CCc1ccc(OC)c(OC)c1)c1cccc(OCC(=O)N(C)[C@@H](Cc2ccc(O)cc2)C(=O)N[C@H](Cc2ccccc2)C(=O)N(C)CC(=O)N[C@H](Cc2ccccc2)C(=O)N(C)CCC)c1F. The van der Waals surface area contributed by atoms with Gasteiger partial charge in [0.05, 0.1) is 26.2 Å². The summed E-state index contributed by atoms with van der Waals surface area (Å²) in [6.07, 6.45) is 1.55. The number of nitrogens with zero attached hydrogens (tertiary/aromatic N) is 4. The van der Waals surface area contributed by atoms with Crippen LogP contribution in [0.3, 0.4) is 0 Å². The number of likely N-dealkylation sites (N-methyl/N-ethyl adjacent to an activating group) is 3. The highest BCUT2D eigenvalue weighted by Gasteiger charge is 2.43. The summed E-state index contributed by atoms with van der Waals surface area (Å²) in [4.78, 5) is 130. The molecule has 22 heteroatoms. The molecule has 486 valence electrons. The first-order valence-electron chi connectivity index (χ1n) is 30.2. The molecular weight excluding hydrogens is 1170 g/mol. The van der Waals surface area contributed by atoms with Crippen molar-refractivity contribution in [2.45, 2.75) is 109 Å². The van der Waals surface area contributed by atoms with E-state index in [4.69, 9.17) is 23.7 Å². The molecule has 0 spiro atoms. The number of ketones is 1. The van der Waals surface area contributed by atoms with Crippen molar-refractivity contribution in [2.24, 2.45) is 5.41 Å². The van der Waals surface area contributed by atoms with E-state index in [2.05, 4.69) is 17.2 Å². The number of aryl methyl sites for hydroxylation is 1. The van der Waals surface area contributed by atoms with Crippen molar-refractivity contribution >= 4 is 53.2 Å². The van der Waals surface area contributed by atoms with Crippen molar-refractivity contribution in [3.63, 3.8) is 0 Å². The maximum absolute atomic E-state index is 17.2. The number of hydrogen-bond acceptors (Lipinski definition) is 15. The Labute approximate surface area is 530 Å². The molecular formula is C69H83FN6O15. The molecule has 5 aromatic carbocycles. The number of Topliss-reactive ketones (excluding diaryl/α,β-unsaturated/α-hetero) is 1. The van der Waals surface area contributed by atoms with E-state index < -0.39 is 114 Å². The maximum atomic E-state index is 17.2. The molecule has 21 nitrogen and oxygen atoms in total. The number of esters is 2. The molecule has 1 heterocycles. The third-order valence-electron chi connectivity index (χ3n) is 15.7. The van der Waals surface area contributed by atoms with Gasteiger partial charge in [-0.05, 0) is 105 Å². The lowest BCUT2D eigenvalue weighted by Crippen LogP contribution is -2.57. The molecule has 1 fully saturated rings. The number of likely N-dealkylation sites (tertiary alicyclic amines) is 1. The maximum Gasteiger partial charge on any atom is 0.330 e. The molecule has 5 atom stereocenters. The van der Waals surface area contributed by atoms with Gasteiger partial charge in [0.25, 0.3) is 11.8 Å². The number of phenolic OH excluding ortho intramolecular Hbond substituents is 1. The number of phenols is 1. The number of ether oxygens (including phenoxy) is 5. The number of amides is 6. The molecule has 6 rings (SSSR count). The molecule has 0 radical (unpaired) electrons. The van der Waals surface area contributed by atoms with Gasteiger partial charge in [-0.25, -0.2) is 14.0 Å². The third kappa shape index (κ3) is 19.9. The van der Waals surface area contributed by atoms with Gasteiger partial charge in [-0.2, -0.15) is 0 Å². The predicted octanol–water partition coefficient (Wildman–Crippen LogP) is 6.70. The van der Waals surface area contributed by atoms with E-state index in [1.807, 2.05) is 37.3 Å². The van der Waals surface area contributed by atoms with Crippen molar-refractivity contribution in [1.82, 2.24) is 30.2 Å². The average Bonchev–Trinajstić information content (AvgIpc) is 1.01. The van der Waals surface area contributed by atoms with Gasteiger partial charge in [-0.1, -0.05) is 104 Å². The van der Waals surface area contributed by atoms with Gasteiger partial charge in [-0.3, -0.25) is 33.6 Å². The van der Waals surface area contributed by atoms with E-state index in [0.717, 1.165) is 26.3 Å². The van der Waals surface area contributed by atoms with E-state index in [9.17, 15) is 48.3 Å². The van der Waals surface area contributed by atoms with Gasteiger partial charge in [0, 0.05) is 65.1 Å². The average molecular weight is 1260 g/mol. The summed E-state index contributed by atoms with van der Waals surface area (Å²) in [5.41, 5.74) is 1.06. The van der Waals surface area contributed by atoms with Crippen molar-refractivity contribution < 1.29 is 76.3 Å². The van der Waals surface area contributed by atoms with E-state index in [1.165, 1.54) is 72.5 Å². The summed E-state index contributed by atoms with van der Waals surface area (Å²) in [6.45, 7) is 6.91. The summed E-state index contributed by atoms with van der Waals surface area (Å²) in [6, 6.07) is 28.4. The predicted molar refractivity (Wildman–Crippen MR) is 336 cm³/mol. The molecule has 6 amide bonds. The second-order valence-corrected chi connectivity index (χ2v) is 23.0. The van der Waals surface area contributed by atoms with E-state index in [1.54, 1.807) is 72.6 Å². The van der Waals surface area contributed by atoms with Gasteiger partial charge in [0.15, 0.2) is 29.7 Å². The monoisotopic (exact) mass is 1250 g/mol. The number of nitrogens with one attached hydrogen (secondary N) is 2. The molecule has 0 saturated carbocycles. The minimum Gasteiger partial charge on any atom is -0.508 e. The van der Waals surface area contributed by atoms with Crippen molar-refractivity contribution in [2.75, 3.05) is 68.2 Å². The number of carbonyl (C=O) groups is 9. The third-order valence-corrected chi connectivity index (χ3v) is 15.7. The Kier molecular flexibility index (Phi) is 26.2. The number of carbonyl (C=O) groups excluding carboxylic acids is 9. The van der Waals surface area contributed by atoms with Crippen LogP contribution in [0.5, 0.6) is 23.0 Å². The largest absolute Gasteiger partial charge is 0.508 e. The fourth-order valence-corrected chi connectivity index (χ4v) is 10.5. The number of methoxy groups -OCH3 is 2. The van der Waals surface area contributed by atoms with Crippen LogP contribution in [0, 0.1) is 11.2 Å². The van der Waals surface area contributed by atoms with Crippen molar-refractivity contribution in [3.8, 4) is 23.0 Å². The molecule has 0 bridgehead atoms. The number of hydrogen-bond donors (Lipinski definition) is 3. The molecule has 0 aromatic heterocycles. The molecule has 91 heavy (non-hydrogen) atoms. The number of benzene rings is 5. The van der Waals surface area contributed by atoms with Gasteiger partial charge >= 0.3 is 11.9 Å². The highest BCUT2D eigenvalue weighted by atomic mass is 19.1. The normalized spacial score (nSPS) is 14.2. The van der Waals surface area contributed by atoms with Crippen LogP contribution < -0.4 is 24.8 Å². The van der Waals surface area contributed by atoms with Gasteiger partial charge < -0.3 is 59.0 Å². The second kappa shape index (κ2) is 33.8. The van der Waals surface area contributed by atoms with Crippen LogP contribution in [0.25, 0.3) is 0 Å². The first kappa shape index (κ1) is 70.5. The number of rotatable bonds is 32. The van der Waals surface area contributed by atoms with Gasteiger partial charge in [0.1, 0.15) is 42.6 Å². The zero-order chi connectivity index (χ0) is 66.4. The van der Waals surface area contributed by atoms with E-state index in [-0.39, 0.29) is 62.3 Å². The Hall–Kier alpha value is -9.60. The van der Waals surface area contributed by atoms with Crippen LogP contribution in [0.2, 0.25) is 0 Å². The highest BCUT2D eigenvalue weighted by Crippen LogP contribution is 2.35. The highest BCUT2D eigenvalue weighted by molar-refractivity contribution is 6.38. The summed E-state index contributed by atoms with van der Waals surface area (Å²) in [5.74, 6) is -7.36. The van der Waals surface area contributed by atoms with Crippen LogP contribution in [0.1, 0.15) is 86.8 Å². The van der Waals surface area contributed by atoms with Crippen molar-refractivity contribution in [1.29, 1.82) is 0 Å². The van der Waals surface area contributed by atoms with Crippen LogP contribution in [-0.4, -0.2) is 170 Å². The molecule has 1 aliphatic rings. The van der Waals surface area contributed by atoms with Gasteiger partial charge in [0.2, 0.25) is 29.4 Å². The minimum absolute atomic E-state index is 0.0253. The zero-order valence-corrected chi connectivity index (χ0v) is 52.9. The van der Waals surface area contributed by atoms with Crippen molar-refractivity contribution in [3.05, 3.63) is 168 Å². The zero-order valence-electron chi connectivity index (χ0n) is 52.9. The Balaban J connectivity index is 1.24. The fraction of sp³-hybridized carbons (Fsp3) is 0.406. The Morgan fingerprint density at radius 2 is 1.34 bits per heavy atom. The Bertz CT molecular complexity index is 3350. The smallest absolute Gasteiger partial charge is 0.330 e. The molecule has 1 saturated heterocycles. The Morgan fingerprint density at radius 1 is 0.736 bits per heavy atom. The second-order valence-electron chi connectivity index (χ2n) is 23.0. The lowest BCUT2D eigenvalue weighted by Gasteiger charge is -2.36. The molecule has 3 N–H and O–H groups in total. The first-order valence-corrected chi connectivity index (χ1v) is 30.2. The molecule has 1 aliphatic heterocycles. The number of halogens is 1. The lowest BCUT2D eigenvalue weighted by atomic mass is 9.87. The summed E-state index contributed by atoms with van der Waals surface area (Å²) >= 11 is 0. The first-order chi connectivity index (χ1) is 43.5. The lowest BCUT2D eigenvalue weighted by molar-refractivity contribution is -0.165. The quantitative estimate of drug-likeness (QED) is 0.0230. The number of aromatic hydroxyl groups is 1. The summed E-state index contributed by atoms with van der Waals surface area (Å²) < 4.78 is 45.3. The van der Waals surface area contributed by atoms with Crippen LogP contribution in [-0.2, 0) is 78.3 Å². The molecule has 0 unspecified atom stereocenters. The molecule has 0 aliphatic carbocycles. The van der Waals surface area contributed by atoms with E-state index in [0.29, 0.717) is 54.0 Å². The van der Waals surface area contributed by atoms with Crippen LogP contribution >= 0.6 is 0 Å². The van der Waals surface area contributed by atoms with E-state index >= 15 is 4.39 Å². The summed E-state index contributed by atoms with van der Waals surface area (Å²) in [5, 5.41) is 15.8. The summed E-state index contributed by atoms with van der Waals surface area (Å²) in [7, 11) is 7.35. The topological polar surface area (TPSA) is 257 Å². The fourth-order valence-electron chi connectivity index (χ4n) is 10.5. The Morgan fingerprint density at radius 3 is 1.96 bits per heavy atom. The minimum atomic E-state index is -1.47. The van der Waals surface area contributed by atoms with Crippen LogP contribution in [0.15, 0.2) is 134 Å². The number of piperidine rings is 1. The van der Waals surface area contributed by atoms with Gasteiger partial charge in [-0.15, -0.1) is 0 Å². The van der Waals surface area contributed by atoms with Crippen LogP contribution in [0.4, 0.5) is 4.39 Å². The molecule has 5 aromatic rings.